The topological polar surface area (TPSA) is 35.2 Å². The number of rotatable bonds is 4. The van der Waals surface area contributed by atoms with Gasteiger partial charge in [0.25, 0.3) is 5.76 Å². The summed E-state index contributed by atoms with van der Waals surface area (Å²) in [5.74, 6) is -2.40. The maximum absolute atomic E-state index is 13.2. The molecule has 0 unspecified atom stereocenters. The van der Waals surface area contributed by atoms with Gasteiger partial charge in [0.15, 0.2) is 0 Å². The molecule has 0 saturated heterocycles. The summed E-state index contributed by atoms with van der Waals surface area (Å²) < 4.78 is 43.6. The fraction of sp³-hybridized carbons (Fsp3) is 0.143. The molecule has 0 aliphatic rings. The minimum absolute atomic E-state index is 0.209. The van der Waals surface area contributed by atoms with Gasteiger partial charge in [0.05, 0.1) is 4.47 Å². The van der Waals surface area contributed by atoms with Crippen LogP contribution in [0.5, 0.6) is 11.5 Å². The van der Waals surface area contributed by atoms with Crippen LogP contribution in [0.15, 0.2) is 45.8 Å². The van der Waals surface area contributed by atoms with Crippen molar-refractivity contribution in [2.24, 2.45) is 5.73 Å². The summed E-state index contributed by atoms with van der Waals surface area (Å²) in [7, 11) is 1.50. The molecular weight excluding hydrogens is 403 g/mol. The number of hydrogen-bond donors (Lipinski definition) is 1. The minimum atomic E-state index is -2.49. The van der Waals surface area contributed by atoms with E-state index in [1.165, 1.54) is 37.4 Å². The predicted molar refractivity (Wildman–Crippen MR) is 87.6 cm³/mol. The first kappa shape index (κ1) is 19.2. The summed E-state index contributed by atoms with van der Waals surface area (Å²) in [6.07, 6.45) is 0. The zero-order valence-electron chi connectivity index (χ0n) is 11.3. The molecule has 22 heavy (non-hydrogen) atoms. The molecule has 2 aromatic carbocycles. The van der Waals surface area contributed by atoms with Gasteiger partial charge in [-0.2, -0.15) is 8.78 Å². The van der Waals surface area contributed by atoms with Gasteiger partial charge in [-0.25, -0.2) is 4.39 Å². The average molecular weight is 415 g/mol. The molecule has 0 amide bonds. The molecule has 0 heterocycles. The van der Waals surface area contributed by atoms with Gasteiger partial charge >= 0.3 is 0 Å². The van der Waals surface area contributed by atoms with Gasteiger partial charge in [-0.15, -0.1) is 0 Å². The third kappa shape index (κ3) is 6.08. The molecule has 0 atom stereocenters. The van der Waals surface area contributed by atoms with Gasteiger partial charge in [-0.1, -0.05) is 23.4 Å². The van der Waals surface area contributed by atoms with Crippen molar-refractivity contribution >= 4 is 39.3 Å². The van der Waals surface area contributed by atoms with Crippen molar-refractivity contribution in [2.75, 3.05) is 7.05 Å². The standard InChI is InChI=1S/C13H7BrClF3OS.CH5N/c14-11-6-10(20-13(17)18)1-2-12(11)19-9-4-7(15)3-8(16)5-9;1-2/h1-6,13H;2H2,1H3. The maximum atomic E-state index is 13.2. The summed E-state index contributed by atoms with van der Waals surface area (Å²) in [6, 6.07) is 8.32. The molecule has 0 aromatic heterocycles. The Morgan fingerprint density at radius 2 is 1.86 bits per heavy atom. The first-order chi connectivity index (χ1) is 10.4. The monoisotopic (exact) mass is 413 g/mol. The van der Waals surface area contributed by atoms with Crippen LogP contribution in [0, 0.1) is 5.82 Å². The largest absolute Gasteiger partial charge is 0.456 e. The molecule has 0 fully saturated rings. The number of ether oxygens (including phenoxy) is 1. The van der Waals surface area contributed by atoms with Crippen LogP contribution in [0.25, 0.3) is 0 Å². The SMILES string of the molecule is CN.Fc1cc(Cl)cc(Oc2ccc(SC(F)F)cc2Br)c1. The Kier molecular flexibility index (Phi) is 8.09. The van der Waals surface area contributed by atoms with Crippen molar-refractivity contribution < 1.29 is 17.9 Å². The third-order valence-corrected chi connectivity index (χ3v) is 3.73. The fourth-order valence-corrected chi connectivity index (χ4v) is 2.82. The highest BCUT2D eigenvalue weighted by Crippen LogP contribution is 2.35. The molecule has 2 nitrogen and oxygen atoms in total. The van der Waals surface area contributed by atoms with E-state index in [1.807, 2.05) is 0 Å². The lowest BCUT2D eigenvalue weighted by Gasteiger charge is -2.09. The summed E-state index contributed by atoms with van der Waals surface area (Å²) in [5, 5.41) is 0.209. The van der Waals surface area contributed by atoms with Crippen LogP contribution in [0.3, 0.4) is 0 Å². The first-order valence-corrected chi connectivity index (χ1v) is 7.95. The highest BCUT2D eigenvalue weighted by atomic mass is 79.9. The van der Waals surface area contributed by atoms with Crippen LogP contribution in [-0.2, 0) is 0 Å². The Hall–Kier alpha value is -0.890. The van der Waals surface area contributed by atoms with Gasteiger partial charge in [0.1, 0.15) is 17.3 Å². The van der Waals surface area contributed by atoms with E-state index in [9.17, 15) is 13.2 Å². The Morgan fingerprint density at radius 1 is 1.18 bits per heavy atom. The van der Waals surface area contributed by atoms with Crippen LogP contribution >= 0.6 is 39.3 Å². The third-order valence-electron chi connectivity index (χ3n) is 2.19. The molecule has 0 radical (unpaired) electrons. The highest BCUT2D eigenvalue weighted by Gasteiger charge is 2.10. The second-order valence-electron chi connectivity index (χ2n) is 3.68. The van der Waals surface area contributed by atoms with E-state index in [4.69, 9.17) is 16.3 Å². The van der Waals surface area contributed by atoms with E-state index in [2.05, 4.69) is 21.7 Å². The number of nitrogens with two attached hydrogens (primary N) is 1. The normalized spacial score (nSPS) is 10.2. The van der Waals surface area contributed by atoms with Crippen molar-refractivity contribution in [1.29, 1.82) is 0 Å². The van der Waals surface area contributed by atoms with Crippen molar-refractivity contribution in [1.82, 2.24) is 0 Å². The minimum Gasteiger partial charge on any atom is -0.456 e. The predicted octanol–water partition coefficient (Wildman–Crippen LogP) is 5.92. The quantitative estimate of drug-likeness (QED) is 0.630. The van der Waals surface area contributed by atoms with Gasteiger partial charge in [0, 0.05) is 16.0 Å². The van der Waals surface area contributed by atoms with E-state index < -0.39 is 11.6 Å². The number of hydrogen-bond acceptors (Lipinski definition) is 3. The molecule has 0 aliphatic heterocycles. The van der Waals surface area contributed by atoms with Gasteiger partial charge in [0.2, 0.25) is 0 Å². The highest BCUT2D eigenvalue weighted by molar-refractivity contribution is 9.10. The fourth-order valence-electron chi connectivity index (χ4n) is 1.45. The molecule has 2 aromatic rings. The molecular formula is C14H12BrClF3NOS. The van der Waals surface area contributed by atoms with E-state index in [0.29, 0.717) is 26.9 Å². The van der Waals surface area contributed by atoms with Crippen molar-refractivity contribution in [3.05, 3.63) is 51.7 Å². The molecule has 2 rings (SSSR count). The number of halogens is 5. The lowest BCUT2D eigenvalue weighted by atomic mass is 10.3. The Labute approximate surface area is 143 Å². The van der Waals surface area contributed by atoms with Crippen LogP contribution in [0.1, 0.15) is 0 Å². The summed E-state index contributed by atoms with van der Waals surface area (Å²) >= 11 is 9.37. The molecule has 0 bridgehead atoms. The number of benzene rings is 2. The molecule has 0 spiro atoms. The van der Waals surface area contributed by atoms with E-state index in [0.717, 1.165) is 6.07 Å². The Bertz CT molecular complexity index is 611. The van der Waals surface area contributed by atoms with E-state index >= 15 is 0 Å². The van der Waals surface area contributed by atoms with Gasteiger partial charge in [-0.3, -0.25) is 0 Å². The Morgan fingerprint density at radius 3 is 2.41 bits per heavy atom. The van der Waals surface area contributed by atoms with Crippen LogP contribution < -0.4 is 10.5 Å². The van der Waals surface area contributed by atoms with Crippen molar-refractivity contribution in [3.8, 4) is 11.5 Å². The van der Waals surface area contributed by atoms with Gasteiger partial charge < -0.3 is 10.5 Å². The molecule has 0 saturated carbocycles. The van der Waals surface area contributed by atoms with E-state index in [1.54, 1.807) is 0 Å². The molecule has 2 N–H and O–H groups in total. The average Bonchev–Trinajstić information content (AvgIpc) is 2.42. The summed E-state index contributed by atoms with van der Waals surface area (Å²) in [6.45, 7) is 0. The lowest BCUT2D eigenvalue weighted by Crippen LogP contribution is -1.88. The van der Waals surface area contributed by atoms with Crippen molar-refractivity contribution in [2.45, 2.75) is 10.7 Å². The van der Waals surface area contributed by atoms with Gasteiger partial charge in [-0.05, 0) is 53.3 Å². The van der Waals surface area contributed by atoms with Crippen molar-refractivity contribution in [3.63, 3.8) is 0 Å². The first-order valence-electron chi connectivity index (χ1n) is 5.90. The zero-order chi connectivity index (χ0) is 16.7. The lowest BCUT2D eigenvalue weighted by molar-refractivity contribution is 0.252. The number of alkyl halides is 2. The summed E-state index contributed by atoms with van der Waals surface area (Å²) in [4.78, 5) is 0.400. The second-order valence-corrected chi connectivity index (χ2v) is 6.03. The molecule has 120 valence electrons. The Balaban J connectivity index is 0.00000116. The van der Waals surface area contributed by atoms with E-state index in [-0.39, 0.29) is 10.8 Å². The summed E-state index contributed by atoms with van der Waals surface area (Å²) in [5.41, 5.74) is 4.50. The molecule has 0 aliphatic carbocycles. The smallest absolute Gasteiger partial charge is 0.288 e. The number of thioether (sulfide) groups is 1. The molecule has 8 heteroatoms. The maximum Gasteiger partial charge on any atom is 0.288 e. The zero-order valence-corrected chi connectivity index (χ0v) is 14.5. The van der Waals surface area contributed by atoms with Crippen LogP contribution in [-0.4, -0.2) is 12.8 Å². The van der Waals surface area contributed by atoms with Crippen LogP contribution in [0.4, 0.5) is 13.2 Å². The second kappa shape index (κ2) is 9.29. The van der Waals surface area contributed by atoms with Crippen LogP contribution in [0.2, 0.25) is 5.02 Å².